The highest BCUT2D eigenvalue weighted by Crippen LogP contribution is 2.54. The van der Waals surface area contributed by atoms with Gasteiger partial charge in [0.25, 0.3) is 0 Å². The van der Waals surface area contributed by atoms with Crippen LogP contribution < -0.4 is 5.73 Å². The van der Waals surface area contributed by atoms with E-state index in [1.165, 1.54) is 64.2 Å². The molecule has 3 rings (SSSR count). The van der Waals surface area contributed by atoms with E-state index in [9.17, 15) is 0 Å². The van der Waals surface area contributed by atoms with Crippen LogP contribution >= 0.6 is 0 Å². The quantitative estimate of drug-likeness (QED) is 0.573. The highest BCUT2D eigenvalue weighted by Gasteiger charge is 2.48. The maximum Gasteiger partial charge on any atom is 0.191 e. The summed E-state index contributed by atoms with van der Waals surface area (Å²) >= 11 is 0. The fourth-order valence-electron chi connectivity index (χ4n) is 4.09. The molecule has 18 heavy (non-hydrogen) atoms. The predicted octanol–water partition coefficient (Wildman–Crippen LogP) is 2.90. The van der Waals surface area contributed by atoms with Crippen molar-refractivity contribution in [2.45, 2.75) is 70.3 Å². The van der Waals surface area contributed by atoms with Gasteiger partial charge in [0.05, 0.1) is 6.04 Å². The molecule has 0 aromatic heterocycles. The molecule has 0 amide bonds. The first-order valence-corrected chi connectivity index (χ1v) is 7.88. The van der Waals surface area contributed by atoms with Gasteiger partial charge in [0, 0.05) is 13.1 Å². The van der Waals surface area contributed by atoms with Crippen LogP contribution in [0.3, 0.4) is 0 Å². The second-order valence-corrected chi connectivity index (χ2v) is 6.51. The Bertz CT molecular complexity index is 310. The van der Waals surface area contributed by atoms with Crippen LogP contribution in [0.15, 0.2) is 4.99 Å². The number of aliphatic imine (C=N–C) groups is 1. The largest absolute Gasteiger partial charge is 0.370 e. The molecule has 1 unspecified atom stereocenters. The molecule has 3 fully saturated rings. The van der Waals surface area contributed by atoms with Crippen molar-refractivity contribution in [2.24, 2.45) is 16.1 Å². The number of rotatable bonds is 1. The molecule has 1 heterocycles. The van der Waals surface area contributed by atoms with Gasteiger partial charge in [0.1, 0.15) is 0 Å². The lowest BCUT2D eigenvalue weighted by molar-refractivity contribution is 0.103. The topological polar surface area (TPSA) is 41.6 Å². The molecule has 2 N–H and O–H groups in total. The third-order valence-electron chi connectivity index (χ3n) is 5.44. The summed E-state index contributed by atoms with van der Waals surface area (Å²) in [5.41, 5.74) is 6.82. The van der Waals surface area contributed by atoms with Crippen molar-refractivity contribution >= 4 is 5.96 Å². The van der Waals surface area contributed by atoms with Gasteiger partial charge in [-0.05, 0) is 43.9 Å². The van der Waals surface area contributed by atoms with Crippen molar-refractivity contribution in [2.75, 3.05) is 13.1 Å². The van der Waals surface area contributed by atoms with E-state index in [1.54, 1.807) is 0 Å². The molecule has 0 aromatic rings. The number of nitrogens with two attached hydrogens (primary N) is 1. The Balaban J connectivity index is 1.64. The second kappa shape index (κ2) is 5.10. The maximum absolute atomic E-state index is 6.26. The van der Waals surface area contributed by atoms with E-state index in [4.69, 9.17) is 10.7 Å². The minimum atomic E-state index is 0.545. The lowest BCUT2D eigenvalue weighted by Crippen LogP contribution is -2.45. The van der Waals surface area contributed by atoms with E-state index in [-0.39, 0.29) is 0 Å². The fourth-order valence-corrected chi connectivity index (χ4v) is 4.09. The molecule has 3 nitrogen and oxygen atoms in total. The molecule has 1 saturated heterocycles. The van der Waals surface area contributed by atoms with Crippen molar-refractivity contribution < 1.29 is 0 Å². The van der Waals surface area contributed by atoms with Crippen molar-refractivity contribution in [1.82, 2.24) is 4.90 Å². The summed E-state index contributed by atoms with van der Waals surface area (Å²) in [5, 5.41) is 0. The van der Waals surface area contributed by atoms with Crippen LogP contribution in [0.4, 0.5) is 0 Å². The summed E-state index contributed by atoms with van der Waals surface area (Å²) in [6.45, 7) is 2.24. The summed E-state index contributed by atoms with van der Waals surface area (Å²) in [4.78, 5) is 7.23. The first-order chi connectivity index (χ1) is 8.80. The average molecular weight is 249 g/mol. The van der Waals surface area contributed by atoms with Crippen molar-refractivity contribution in [1.29, 1.82) is 0 Å². The van der Waals surface area contributed by atoms with Gasteiger partial charge in [0.15, 0.2) is 5.96 Å². The Morgan fingerprint density at radius 3 is 2.17 bits per heavy atom. The molecular weight excluding hydrogens is 222 g/mol. The van der Waals surface area contributed by atoms with Crippen LogP contribution in [-0.2, 0) is 0 Å². The van der Waals surface area contributed by atoms with Gasteiger partial charge in [0.2, 0.25) is 0 Å². The van der Waals surface area contributed by atoms with Crippen LogP contribution in [0.1, 0.15) is 64.2 Å². The smallest absolute Gasteiger partial charge is 0.191 e. The summed E-state index contributed by atoms with van der Waals surface area (Å²) in [7, 11) is 0. The molecule has 1 aliphatic heterocycles. The molecule has 102 valence electrons. The third-order valence-corrected chi connectivity index (χ3v) is 5.44. The maximum atomic E-state index is 6.26. The van der Waals surface area contributed by atoms with Crippen molar-refractivity contribution in [3.8, 4) is 0 Å². The van der Waals surface area contributed by atoms with Crippen LogP contribution in [0.25, 0.3) is 0 Å². The monoisotopic (exact) mass is 249 g/mol. The summed E-state index contributed by atoms with van der Waals surface area (Å²) < 4.78 is 0. The average Bonchev–Trinajstić information content (AvgIpc) is 2.74. The number of likely N-dealkylation sites (tertiary alicyclic amines) is 1. The minimum absolute atomic E-state index is 0.545. The Labute approximate surface area is 111 Å². The molecule has 3 aliphatic rings. The standard InChI is InChI=1S/C15H27N3/c16-14(18-11-5-1-2-6-12-18)17-13-7-10-15(13)8-3-4-9-15/h13H,1-12H2,(H2,16,17). The van der Waals surface area contributed by atoms with E-state index in [2.05, 4.69) is 4.90 Å². The Hall–Kier alpha value is -0.730. The third kappa shape index (κ3) is 2.24. The van der Waals surface area contributed by atoms with Gasteiger partial charge in [-0.15, -0.1) is 0 Å². The van der Waals surface area contributed by atoms with E-state index in [1.807, 2.05) is 0 Å². The van der Waals surface area contributed by atoms with Crippen LogP contribution in [0, 0.1) is 5.41 Å². The van der Waals surface area contributed by atoms with Gasteiger partial charge >= 0.3 is 0 Å². The van der Waals surface area contributed by atoms with Gasteiger partial charge in [-0.2, -0.15) is 0 Å². The van der Waals surface area contributed by atoms with Gasteiger partial charge in [-0.3, -0.25) is 0 Å². The Morgan fingerprint density at radius 2 is 1.61 bits per heavy atom. The molecule has 0 radical (unpaired) electrons. The van der Waals surface area contributed by atoms with E-state index in [0.717, 1.165) is 19.0 Å². The van der Waals surface area contributed by atoms with Crippen LogP contribution in [0.2, 0.25) is 0 Å². The molecule has 1 atom stereocenters. The Morgan fingerprint density at radius 1 is 0.944 bits per heavy atom. The van der Waals surface area contributed by atoms with Gasteiger partial charge in [-0.25, -0.2) is 4.99 Å². The summed E-state index contributed by atoms with van der Waals surface area (Å²) in [5.74, 6) is 0.841. The number of hydrogen-bond donors (Lipinski definition) is 1. The summed E-state index contributed by atoms with van der Waals surface area (Å²) in [6, 6.07) is 0.545. The molecule has 1 spiro atoms. The highest BCUT2D eigenvalue weighted by atomic mass is 15.3. The van der Waals surface area contributed by atoms with Gasteiger partial charge < -0.3 is 10.6 Å². The zero-order valence-electron chi connectivity index (χ0n) is 11.5. The lowest BCUT2D eigenvalue weighted by atomic mass is 9.63. The first kappa shape index (κ1) is 12.3. The highest BCUT2D eigenvalue weighted by molar-refractivity contribution is 5.78. The molecule has 2 aliphatic carbocycles. The summed E-state index contributed by atoms with van der Waals surface area (Å²) in [6.07, 6.45) is 13.6. The lowest BCUT2D eigenvalue weighted by Gasteiger charge is -2.45. The molecular formula is C15H27N3. The number of hydrogen-bond acceptors (Lipinski definition) is 1. The molecule has 2 saturated carbocycles. The van der Waals surface area contributed by atoms with Gasteiger partial charge in [-0.1, -0.05) is 25.7 Å². The SMILES string of the molecule is NC(=NC1CCC12CCCC2)N1CCCCCC1. The zero-order chi connectivity index (χ0) is 12.4. The normalized spacial score (nSPS) is 32.3. The van der Waals surface area contributed by atoms with Crippen LogP contribution in [0.5, 0.6) is 0 Å². The Kier molecular flexibility index (Phi) is 3.49. The van der Waals surface area contributed by atoms with Crippen LogP contribution in [-0.4, -0.2) is 30.0 Å². The second-order valence-electron chi connectivity index (χ2n) is 6.51. The van der Waals surface area contributed by atoms with Crippen molar-refractivity contribution in [3.63, 3.8) is 0 Å². The number of nitrogens with zero attached hydrogens (tertiary/aromatic N) is 2. The van der Waals surface area contributed by atoms with E-state index >= 15 is 0 Å². The first-order valence-electron chi connectivity index (χ1n) is 7.88. The fraction of sp³-hybridized carbons (Fsp3) is 0.933. The predicted molar refractivity (Wildman–Crippen MR) is 75.6 cm³/mol. The zero-order valence-corrected chi connectivity index (χ0v) is 11.5. The number of guanidine groups is 1. The molecule has 3 heteroatoms. The molecule has 0 bridgehead atoms. The van der Waals surface area contributed by atoms with Crippen molar-refractivity contribution in [3.05, 3.63) is 0 Å². The van der Waals surface area contributed by atoms with E-state index < -0.39 is 0 Å². The minimum Gasteiger partial charge on any atom is -0.370 e. The molecule has 0 aromatic carbocycles. The van der Waals surface area contributed by atoms with E-state index in [0.29, 0.717) is 11.5 Å².